The molecule has 0 aromatic carbocycles. The minimum absolute atomic E-state index is 0.00303. The fraction of sp³-hybridized carbons (Fsp3) is 0.579. The summed E-state index contributed by atoms with van der Waals surface area (Å²) in [6, 6.07) is 2.07. The van der Waals surface area contributed by atoms with Gasteiger partial charge in [0.2, 0.25) is 0 Å². The maximum atomic E-state index is 12.7. The monoisotopic (exact) mass is 374 g/mol. The van der Waals surface area contributed by atoms with E-state index in [0.717, 1.165) is 62.4 Å². The van der Waals surface area contributed by atoms with E-state index < -0.39 is 0 Å². The lowest BCUT2D eigenvalue weighted by Gasteiger charge is -2.40. The van der Waals surface area contributed by atoms with Gasteiger partial charge in [-0.05, 0) is 50.4 Å². The Morgan fingerprint density at radius 2 is 2.31 bits per heavy atom. The smallest absolute Gasteiger partial charge is 0.261 e. The third-order valence-corrected chi connectivity index (χ3v) is 6.56. The second-order valence-electron chi connectivity index (χ2n) is 7.10. The zero-order valence-corrected chi connectivity index (χ0v) is 16.0. The standard InChI is InChI=1S/C19H26N4O2S/c1-2-8-23-13-14(12-22-23)11-21-18(24)16-10-15-3-9-25-19(17(15)26-16)4-6-20-7-5-19/h10,12-13,20H,2-9,11H2,1H3,(H,21,24). The molecule has 2 aliphatic heterocycles. The van der Waals surface area contributed by atoms with E-state index in [-0.39, 0.29) is 11.5 Å². The Kier molecular flexibility index (Phi) is 5.11. The second kappa shape index (κ2) is 7.50. The number of hydrogen-bond acceptors (Lipinski definition) is 5. The Bertz CT molecular complexity index is 776. The second-order valence-corrected chi connectivity index (χ2v) is 8.15. The van der Waals surface area contributed by atoms with Crippen LogP contribution in [0.25, 0.3) is 0 Å². The van der Waals surface area contributed by atoms with Crippen molar-refractivity contribution in [2.24, 2.45) is 0 Å². The van der Waals surface area contributed by atoms with Gasteiger partial charge in [0.25, 0.3) is 5.91 Å². The molecule has 0 atom stereocenters. The number of piperidine rings is 1. The van der Waals surface area contributed by atoms with Crippen LogP contribution in [0.2, 0.25) is 0 Å². The van der Waals surface area contributed by atoms with Crippen LogP contribution in [-0.4, -0.2) is 35.4 Å². The normalized spacial score (nSPS) is 18.7. The summed E-state index contributed by atoms with van der Waals surface area (Å²) in [5, 5.41) is 10.8. The minimum atomic E-state index is -0.177. The highest BCUT2D eigenvalue weighted by atomic mass is 32.1. The molecule has 6 nitrogen and oxygen atoms in total. The van der Waals surface area contributed by atoms with Gasteiger partial charge in [0, 0.05) is 29.7 Å². The van der Waals surface area contributed by atoms with Gasteiger partial charge in [-0.1, -0.05) is 6.92 Å². The number of rotatable bonds is 5. The molecule has 26 heavy (non-hydrogen) atoms. The summed E-state index contributed by atoms with van der Waals surface area (Å²) in [6.07, 6.45) is 7.75. The Morgan fingerprint density at radius 3 is 3.12 bits per heavy atom. The Labute approximate surface area is 157 Å². The average molecular weight is 375 g/mol. The first-order valence-corrected chi connectivity index (χ1v) is 10.3. The molecular weight excluding hydrogens is 348 g/mol. The van der Waals surface area contributed by atoms with Gasteiger partial charge in [0.1, 0.15) is 5.60 Å². The number of hydrogen-bond donors (Lipinski definition) is 2. The summed E-state index contributed by atoms with van der Waals surface area (Å²) in [5.74, 6) is -0.00303. The van der Waals surface area contributed by atoms with Gasteiger partial charge in [0.05, 0.1) is 17.7 Å². The lowest BCUT2D eigenvalue weighted by Crippen LogP contribution is -2.43. The summed E-state index contributed by atoms with van der Waals surface area (Å²) in [7, 11) is 0. The van der Waals surface area contributed by atoms with Gasteiger partial charge >= 0.3 is 0 Å². The fourth-order valence-electron chi connectivity index (χ4n) is 3.85. The van der Waals surface area contributed by atoms with Crippen molar-refractivity contribution in [1.82, 2.24) is 20.4 Å². The van der Waals surface area contributed by atoms with Crippen molar-refractivity contribution in [2.45, 2.75) is 51.3 Å². The SMILES string of the molecule is CCCn1cc(CNC(=O)c2cc3c(s2)C2(CCNCC2)OCC3)cn1. The zero-order chi connectivity index (χ0) is 18.0. The van der Waals surface area contributed by atoms with Crippen LogP contribution < -0.4 is 10.6 Å². The van der Waals surface area contributed by atoms with Gasteiger partial charge < -0.3 is 15.4 Å². The largest absolute Gasteiger partial charge is 0.369 e. The van der Waals surface area contributed by atoms with Crippen molar-refractivity contribution >= 4 is 17.2 Å². The van der Waals surface area contributed by atoms with Crippen LogP contribution in [0.1, 0.15) is 51.9 Å². The van der Waals surface area contributed by atoms with Gasteiger partial charge in [0.15, 0.2) is 0 Å². The zero-order valence-electron chi connectivity index (χ0n) is 15.2. The van der Waals surface area contributed by atoms with E-state index in [1.807, 2.05) is 17.1 Å². The van der Waals surface area contributed by atoms with Crippen molar-refractivity contribution in [3.8, 4) is 0 Å². The molecule has 4 rings (SSSR count). The van der Waals surface area contributed by atoms with Crippen LogP contribution in [0.15, 0.2) is 18.5 Å². The molecule has 0 bridgehead atoms. The van der Waals surface area contributed by atoms with Gasteiger partial charge in [-0.25, -0.2) is 0 Å². The molecule has 0 aliphatic carbocycles. The lowest BCUT2D eigenvalue weighted by atomic mass is 9.86. The molecule has 0 radical (unpaired) electrons. The molecule has 0 unspecified atom stereocenters. The minimum Gasteiger partial charge on any atom is -0.369 e. The van der Waals surface area contributed by atoms with Crippen molar-refractivity contribution in [2.75, 3.05) is 19.7 Å². The van der Waals surface area contributed by atoms with E-state index in [4.69, 9.17) is 4.74 Å². The third-order valence-electron chi connectivity index (χ3n) is 5.20. The van der Waals surface area contributed by atoms with Crippen molar-refractivity contribution < 1.29 is 9.53 Å². The number of aryl methyl sites for hydroxylation is 1. The predicted octanol–water partition coefficient (Wildman–Crippen LogP) is 2.44. The van der Waals surface area contributed by atoms with Crippen LogP contribution in [-0.2, 0) is 29.8 Å². The topological polar surface area (TPSA) is 68.2 Å². The van der Waals surface area contributed by atoms with Crippen molar-refractivity contribution in [3.05, 3.63) is 39.3 Å². The Hall–Kier alpha value is -1.70. The first-order chi connectivity index (χ1) is 12.7. The highest BCUT2D eigenvalue weighted by Gasteiger charge is 2.41. The molecule has 1 fully saturated rings. The number of thiophene rings is 1. The summed E-state index contributed by atoms with van der Waals surface area (Å²) in [4.78, 5) is 14.7. The third kappa shape index (κ3) is 3.43. The van der Waals surface area contributed by atoms with Crippen LogP contribution in [0.3, 0.4) is 0 Å². The Morgan fingerprint density at radius 1 is 1.46 bits per heavy atom. The predicted molar refractivity (Wildman–Crippen MR) is 101 cm³/mol. The van der Waals surface area contributed by atoms with E-state index in [1.54, 1.807) is 11.3 Å². The first kappa shape index (κ1) is 17.7. The maximum Gasteiger partial charge on any atom is 0.261 e. The quantitative estimate of drug-likeness (QED) is 0.843. The van der Waals surface area contributed by atoms with Gasteiger partial charge in [-0.3, -0.25) is 9.48 Å². The summed E-state index contributed by atoms with van der Waals surface area (Å²) in [5.41, 5.74) is 2.15. The average Bonchev–Trinajstić information content (AvgIpc) is 3.29. The number of carbonyl (C=O) groups is 1. The summed E-state index contributed by atoms with van der Waals surface area (Å²) in [6.45, 7) is 6.24. The molecule has 2 aliphatic rings. The van der Waals surface area contributed by atoms with Gasteiger partial charge in [-0.2, -0.15) is 5.10 Å². The molecule has 2 N–H and O–H groups in total. The fourth-order valence-corrected chi connectivity index (χ4v) is 5.18. The Balaban J connectivity index is 1.45. The van der Waals surface area contributed by atoms with Crippen molar-refractivity contribution in [1.29, 1.82) is 0 Å². The highest BCUT2D eigenvalue weighted by molar-refractivity contribution is 7.14. The molecule has 2 aromatic rings. The first-order valence-electron chi connectivity index (χ1n) is 9.47. The number of nitrogens with zero attached hydrogens (tertiary/aromatic N) is 2. The van der Waals surface area contributed by atoms with Crippen LogP contribution in [0, 0.1) is 0 Å². The summed E-state index contributed by atoms with van der Waals surface area (Å²) >= 11 is 1.61. The number of ether oxygens (including phenoxy) is 1. The lowest BCUT2D eigenvalue weighted by molar-refractivity contribution is -0.0771. The molecular formula is C19H26N4O2S. The molecule has 1 amide bonds. The molecule has 2 aromatic heterocycles. The van der Waals surface area contributed by atoms with Crippen molar-refractivity contribution in [3.63, 3.8) is 0 Å². The number of amides is 1. The van der Waals surface area contributed by atoms with Crippen LogP contribution in [0.4, 0.5) is 0 Å². The summed E-state index contributed by atoms with van der Waals surface area (Å²) < 4.78 is 8.13. The number of nitrogens with one attached hydrogen (secondary N) is 2. The number of carbonyl (C=O) groups excluding carboxylic acids is 1. The molecule has 4 heterocycles. The number of fused-ring (bicyclic) bond motifs is 2. The van der Waals surface area contributed by atoms with E-state index in [1.165, 1.54) is 10.4 Å². The molecule has 0 saturated carbocycles. The van der Waals surface area contributed by atoms with Crippen LogP contribution >= 0.6 is 11.3 Å². The molecule has 7 heteroatoms. The highest BCUT2D eigenvalue weighted by Crippen LogP contribution is 2.44. The molecule has 140 valence electrons. The molecule has 1 saturated heterocycles. The molecule has 1 spiro atoms. The van der Waals surface area contributed by atoms with Gasteiger partial charge in [-0.15, -0.1) is 11.3 Å². The van der Waals surface area contributed by atoms with E-state index in [0.29, 0.717) is 6.54 Å². The van der Waals surface area contributed by atoms with Crippen LogP contribution in [0.5, 0.6) is 0 Å². The maximum absolute atomic E-state index is 12.7. The van der Waals surface area contributed by atoms with E-state index in [9.17, 15) is 4.79 Å². The number of aromatic nitrogens is 2. The van der Waals surface area contributed by atoms with E-state index >= 15 is 0 Å². The van der Waals surface area contributed by atoms with E-state index in [2.05, 4.69) is 28.7 Å².